The van der Waals surface area contributed by atoms with Gasteiger partial charge in [-0.1, -0.05) is 78.9 Å². The molecule has 0 amide bonds. The number of hydrogen-bond donors (Lipinski definition) is 0. The molecule has 5 rings (SSSR count). The fraction of sp³-hybridized carbons (Fsp3) is 0.0857. The number of rotatable bonds is 10. The molecule has 0 aliphatic heterocycles. The van der Waals surface area contributed by atoms with Crippen molar-refractivity contribution in [1.82, 2.24) is 0 Å². The van der Waals surface area contributed by atoms with Gasteiger partial charge >= 0.3 is 0 Å². The maximum atomic E-state index is 4.29. The van der Waals surface area contributed by atoms with Crippen molar-refractivity contribution in [2.75, 3.05) is 9.80 Å². The first-order valence-corrected chi connectivity index (χ1v) is 13.0. The van der Waals surface area contributed by atoms with E-state index in [-0.39, 0.29) is 0 Å². The SMILES string of the molecule is C=Nc1ccccc1N(Cc1ccc(CN(c2cccc(C)c2)c2ccccc2N=C)cc1)c1ccccc1. The predicted molar refractivity (Wildman–Crippen MR) is 167 cm³/mol. The standard InChI is InChI=1S/C35H32N4/c1-27-12-11-15-31(24-27)39(35-19-10-8-17-33(35)37-3)26-29-22-20-28(21-23-29)25-38(30-13-5-4-6-14-30)34-18-9-7-16-32(34)36-2/h4-24H,2-3,25-26H2,1H3. The summed E-state index contributed by atoms with van der Waals surface area (Å²) < 4.78 is 0. The molecule has 0 atom stereocenters. The van der Waals surface area contributed by atoms with E-state index >= 15 is 0 Å². The summed E-state index contributed by atoms with van der Waals surface area (Å²) in [5, 5.41) is 0. The lowest BCUT2D eigenvalue weighted by Crippen LogP contribution is -2.18. The highest BCUT2D eigenvalue weighted by Gasteiger charge is 2.16. The molecular weight excluding hydrogens is 476 g/mol. The zero-order valence-electron chi connectivity index (χ0n) is 22.2. The van der Waals surface area contributed by atoms with Crippen molar-refractivity contribution in [1.29, 1.82) is 0 Å². The Hall–Kier alpha value is -4.96. The van der Waals surface area contributed by atoms with Crippen LogP contribution in [0.15, 0.2) is 137 Å². The maximum absolute atomic E-state index is 4.29. The van der Waals surface area contributed by atoms with Crippen LogP contribution in [0.2, 0.25) is 0 Å². The number of aliphatic imine (C=N–C) groups is 2. The van der Waals surface area contributed by atoms with Crippen molar-refractivity contribution in [3.63, 3.8) is 0 Å². The first-order valence-electron chi connectivity index (χ1n) is 13.0. The molecule has 0 saturated carbocycles. The minimum absolute atomic E-state index is 0.710. The molecule has 0 fully saturated rings. The summed E-state index contributed by atoms with van der Waals surface area (Å²) in [5.41, 5.74) is 9.65. The third-order valence-corrected chi connectivity index (χ3v) is 6.77. The van der Waals surface area contributed by atoms with Crippen molar-refractivity contribution in [2.24, 2.45) is 9.98 Å². The number of nitrogens with zero attached hydrogens (tertiary/aromatic N) is 4. The van der Waals surface area contributed by atoms with Gasteiger partial charge in [0.25, 0.3) is 0 Å². The van der Waals surface area contributed by atoms with Crippen molar-refractivity contribution >= 4 is 47.6 Å². The number of hydrogen-bond acceptors (Lipinski definition) is 4. The third kappa shape index (κ3) is 5.97. The summed E-state index contributed by atoms with van der Waals surface area (Å²) in [6.07, 6.45) is 0. The number of anilines is 4. The van der Waals surface area contributed by atoms with Crippen LogP contribution in [0.5, 0.6) is 0 Å². The Balaban J connectivity index is 1.45. The fourth-order valence-electron chi connectivity index (χ4n) is 4.80. The molecule has 0 bridgehead atoms. The van der Waals surface area contributed by atoms with Crippen LogP contribution in [0, 0.1) is 6.92 Å². The van der Waals surface area contributed by atoms with Gasteiger partial charge in [0.15, 0.2) is 0 Å². The number of aryl methyl sites for hydroxylation is 1. The highest BCUT2D eigenvalue weighted by molar-refractivity contribution is 5.77. The summed E-state index contributed by atoms with van der Waals surface area (Å²) in [6.45, 7) is 11.1. The second-order valence-corrected chi connectivity index (χ2v) is 9.46. The minimum Gasteiger partial charge on any atom is -0.335 e. The summed E-state index contributed by atoms with van der Waals surface area (Å²) in [4.78, 5) is 13.1. The van der Waals surface area contributed by atoms with E-state index < -0.39 is 0 Å². The van der Waals surface area contributed by atoms with Gasteiger partial charge in [-0.3, -0.25) is 9.98 Å². The third-order valence-electron chi connectivity index (χ3n) is 6.77. The van der Waals surface area contributed by atoms with E-state index in [2.05, 4.69) is 125 Å². The van der Waals surface area contributed by atoms with Gasteiger partial charge in [0.05, 0.1) is 22.7 Å². The van der Waals surface area contributed by atoms with Crippen molar-refractivity contribution in [3.8, 4) is 0 Å². The topological polar surface area (TPSA) is 31.2 Å². The molecule has 5 aromatic carbocycles. The van der Waals surface area contributed by atoms with Gasteiger partial charge in [0.1, 0.15) is 0 Å². The van der Waals surface area contributed by atoms with E-state index in [1.807, 2.05) is 42.5 Å². The van der Waals surface area contributed by atoms with Crippen LogP contribution in [-0.2, 0) is 13.1 Å². The lowest BCUT2D eigenvalue weighted by atomic mass is 10.1. The van der Waals surface area contributed by atoms with E-state index in [9.17, 15) is 0 Å². The Morgan fingerprint density at radius 3 is 1.49 bits per heavy atom. The molecule has 0 spiro atoms. The first-order chi connectivity index (χ1) is 19.2. The Morgan fingerprint density at radius 1 is 0.513 bits per heavy atom. The van der Waals surface area contributed by atoms with Crippen LogP contribution in [0.25, 0.3) is 0 Å². The Kier molecular flexibility index (Phi) is 7.94. The summed E-state index contributed by atoms with van der Waals surface area (Å²) in [7, 11) is 0. The van der Waals surface area contributed by atoms with Gasteiger partial charge in [-0.2, -0.15) is 0 Å². The summed E-state index contributed by atoms with van der Waals surface area (Å²) in [6, 6.07) is 44.1. The highest BCUT2D eigenvalue weighted by atomic mass is 15.2. The molecule has 192 valence electrons. The number of benzene rings is 5. The molecule has 0 aliphatic rings. The largest absolute Gasteiger partial charge is 0.335 e. The molecule has 0 heterocycles. The fourth-order valence-corrected chi connectivity index (χ4v) is 4.80. The van der Waals surface area contributed by atoms with E-state index in [1.54, 1.807) is 0 Å². The molecule has 4 heteroatoms. The monoisotopic (exact) mass is 508 g/mol. The summed E-state index contributed by atoms with van der Waals surface area (Å²) in [5.74, 6) is 0. The second kappa shape index (κ2) is 12.1. The smallest absolute Gasteiger partial charge is 0.0859 e. The molecular formula is C35H32N4. The van der Waals surface area contributed by atoms with E-state index in [0.29, 0.717) is 13.1 Å². The Labute approximate surface area is 231 Å². The van der Waals surface area contributed by atoms with Gasteiger partial charge in [-0.25, -0.2) is 0 Å². The van der Waals surface area contributed by atoms with Crippen LogP contribution in [0.3, 0.4) is 0 Å². The van der Waals surface area contributed by atoms with Crippen LogP contribution in [0.4, 0.5) is 34.1 Å². The van der Waals surface area contributed by atoms with Crippen LogP contribution >= 0.6 is 0 Å². The normalized spacial score (nSPS) is 10.6. The van der Waals surface area contributed by atoms with Crippen LogP contribution < -0.4 is 9.80 Å². The molecule has 0 N–H and O–H groups in total. The molecule has 5 aromatic rings. The minimum atomic E-state index is 0.710. The molecule has 39 heavy (non-hydrogen) atoms. The quantitative estimate of drug-likeness (QED) is 0.176. The highest BCUT2D eigenvalue weighted by Crippen LogP contribution is 2.37. The van der Waals surface area contributed by atoms with Crippen molar-refractivity contribution < 1.29 is 0 Å². The van der Waals surface area contributed by atoms with Gasteiger partial charge < -0.3 is 9.80 Å². The molecule has 4 nitrogen and oxygen atoms in total. The van der Waals surface area contributed by atoms with Gasteiger partial charge in [0.2, 0.25) is 0 Å². The maximum Gasteiger partial charge on any atom is 0.0859 e. The van der Waals surface area contributed by atoms with Crippen molar-refractivity contribution in [2.45, 2.75) is 20.0 Å². The van der Waals surface area contributed by atoms with Crippen LogP contribution in [-0.4, -0.2) is 13.4 Å². The van der Waals surface area contributed by atoms with E-state index in [0.717, 1.165) is 34.1 Å². The molecule has 0 aliphatic carbocycles. The Bertz CT molecular complexity index is 1560. The second-order valence-electron chi connectivity index (χ2n) is 9.46. The first kappa shape index (κ1) is 25.7. The van der Waals surface area contributed by atoms with E-state index in [4.69, 9.17) is 0 Å². The predicted octanol–water partition coefficient (Wildman–Crippen LogP) is 9.34. The summed E-state index contributed by atoms with van der Waals surface area (Å²) >= 11 is 0. The average Bonchev–Trinajstić information content (AvgIpc) is 3.00. The molecule has 0 saturated heterocycles. The molecule has 0 unspecified atom stereocenters. The van der Waals surface area contributed by atoms with Crippen LogP contribution in [0.1, 0.15) is 16.7 Å². The molecule has 0 aromatic heterocycles. The molecule has 0 radical (unpaired) electrons. The van der Waals surface area contributed by atoms with Gasteiger partial charge in [-0.15, -0.1) is 0 Å². The average molecular weight is 509 g/mol. The Morgan fingerprint density at radius 2 is 0.974 bits per heavy atom. The lowest BCUT2D eigenvalue weighted by molar-refractivity contribution is 0.954. The van der Waals surface area contributed by atoms with Gasteiger partial charge in [0, 0.05) is 24.5 Å². The zero-order valence-corrected chi connectivity index (χ0v) is 22.2. The zero-order chi connectivity index (χ0) is 27.0. The lowest BCUT2D eigenvalue weighted by Gasteiger charge is -2.28. The van der Waals surface area contributed by atoms with Gasteiger partial charge in [-0.05, 0) is 85.6 Å². The number of para-hydroxylation sites is 5. The van der Waals surface area contributed by atoms with E-state index in [1.165, 1.54) is 16.7 Å². The van der Waals surface area contributed by atoms with Crippen molar-refractivity contribution in [3.05, 3.63) is 144 Å².